The average molecular weight is 554 g/mol. The van der Waals surface area contributed by atoms with Crippen LogP contribution in [0.5, 0.6) is 5.75 Å². The number of carbonyl (C=O) groups is 2. The molecule has 0 aliphatic carbocycles. The Morgan fingerprint density at radius 3 is 2.32 bits per heavy atom. The largest absolute Gasteiger partial charge is 0.497 e. The molecule has 0 aliphatic rings. The molecule has 0 bridgehead atoms. The summed E-state index contributed by atoms with van der Waals surface area (Å²) in [5, 5.41) is 2.93. The van der Waals surface area contributed by atoms with E-state index in [1.54, 1.807) is 18.2 Å². The molecule has 0 heterocycles. The number of benzene rings is 2. The van der Waals surface area contributed by atoms with Crippen molar-refractivity contribution in [3.05, 3.63) is 59.7 Å². The first-order valence-corrected chi connectivity index (χ1v) is 14.2. The van der Waals surface area contributed by atoms with Gasteiger partial charge in [-0.25, -0.2) is 17.2 Å². The molecule has 11 heteroatoms. The Kier molecular flexibility index (Phi) is 10.6. The maximum atomic E-state index is 13.8. The summed E-state index contributed by atoms with van der Waals surface area (Å²) in [7, 11) is -2.30. The number of sulfonamides is 1. The van der Waals surface area contributed by atoms with Gasteiger partial charge in [0.15, 0.2) is 11.6 Å². The van der Waals surface area contributed by atoms with Crippen LogP contribution < -0.4 is 14.4 Å². The van der Waals surface area contributed by atoms with E-state index in [-0.39, 0.29) is 43.4 Å². The fourth-order valence-electron chi connectivity index (χ4n) is 3.98. The Morgan fingerprint density at radius 1 is 1.08 bits per heavy atom. The molecule has 0 fully saturated rings. The quantitative estimate of drug-likeness (QED) is 0.424. The molecule has 2 aromatic rings. The van der Waals surface area contributed by atoms with Gasteiger partial charge in [0.05, 0.1) is 19.1 Å². The van der Waals surface area contributed by atoms with Crippen molar-refractivity contribution >= 4 is 27.5 Å². The van der Waals surface area contributed by atoms with Gasteiger partial charge in [-0.05, 0) is 63.4 Å². The molecule has 1 atom stereocenters. The van der Waals surface area contributed by atoms with Crippen molar-refractivity contribution in [2.75, 3.05) is 24.2 Å². The second-order valence-corrected chi connectivity index (χ2v) is 12.0. The number of halogens is 2. The highest BCUT2D eigenvalue weighted by atomic mass is 32.2. The van der Waals surface area contributed by atoms with E-state index in [1.165, 1.54) is 18.1 Å². The van der Waals surface area contributed by atoms with Gasteiger partial charge in [0.1, 0.15) is 11.8 Å². The molecule has 2 rings (SSSR count). The standard InChI is InChI=1S/C27H37F2N3O5S/c1-7-24(26(34)30-27(2,3)4)31(18-19-10-8-11-21(16-19)37-5)25(33)12-9-15-32(38(6,35)36)20-13-14-22(28)23(29)17-20/h8,10-11,13-14,16-17,24H,7,9,12,15,18H2,1-6H3,(H,30,34)/t24-/m0/s1. The second kappa shape index (κ2) is 13.0. The molecule has 2 amide bonds. The molecular weight excluding hydrogens is 516 g/mol. The van der Waals surface area contributed by atoms with Crippen LogP contribution in [-0.4, -0.2) is 56.6 Å². The lowest BCUT2D eigenvalue weighted by Crippen LogP contribution is -2.53. The Labute approximate surface area is 224 Å². The summed E-state index contributed by atoms with van der Waals surface area (Å²) in [5.41, 5.74) is 0.220. The van der Waals surface area contributed by atoms with Crippen LogP contribution in [0.2, 0.25) is 0 Å². The van der Waals surface area contributed by atoms with E-state index in [2.05, 4.69) is 5.32 Å². The van der Waals surface area contributed by atoms with Crippen LogP contribution in [0.15, 0.2) is 42.5 Å². The van der Waals surface area contributed by atoms with Crippen LogP contribution in [-0.2, 0) is 26.2 Å². The predicted molar refractivity (Wildman–Crippen MR) is 143 cm³/mol. The molecule has 0 saturated heterocycles. The highest BCUT2D eigenvalue weighted by Gasteiger charge is 2.31. The zero-order chi connectivity index (χ0) is 28.7. The highest BCUT2D eigenvalue weighted by molar-refractivity contribution is 7.92. The van der Waals surface area contributed by atoms with E-state index in [1.807, 2.05) is 33.8 Å². The van der Waals surface area contributed by atoms with E-state index in [4.69, 9.17) is 4.74 Å². The Hall–Kier alpha value is -3.21. The lowest BCUT2D eigenvalue weighted by molar-refractivity contribution is -0.142. The van der Waals surface area contributed by atoms with Crippen LogP contribution >= 0.6 is 0 Å². The van der Waals surface area contributed by atoms with Crippen molar-refractivity contribution in [2.24, 2.45) is 0 Å². The van der Waals surface area contributed by atoms with E-state index in [9.17, 15) is 26.8 Å². The van der Waals surface area contributed by atoms with E-state index < -0.39 is 33.2 Å². The van der Waals surface area contributed by atoms with Crippen LogP contribution in [0.3, 0.4) is 0 Å². The molecule has 8 nitrogen and oxygen atoms in total. The van der Waals surface area contributed by atoms with E-state index in [0.717, 1.165) is 28.3 Å². The number of rotatable bonds is 12. The third-order valence-corrected chi connectivity index (χ3v) is 6.91. The van der Waals surface area contributed by atoms with Crippen LogP contribution in [0.1, 0.15) is 52.5 Å². The van der Waals surface area contributed by atoms with Gasteiger partial charge in [-0.3, -0.25) is 13.9 Å². The van der Waals surface area contributed by atoms with Gasteiger partial charge < -0.3 is 15.0 Å². The van der Waals surface area contributed by atoms with Crippen LogP contribution in [0, 0.1) is 11.6 Å². The lowest BCUT2D eigenvalue weighted by Gasteiger charge is -2.33. The monoisotopic (exact) mass is 553 g/mol. The Morgan fingerprint density at radius 2 is 1.76 bits per heavy atom. The zero-order valence-electron chi connectivity index (χ0n) is 22.8. The summed E-state index contributed by atoms with van der Waals surface area (Å²) in [6.45, 7) is 7.38. The highest BCUT2D eigenvalue weighted by Crippen LogP contribution is 2.22. The summed E-state index contributed by atoms with van der Waals surface area (Å²) in [6.07, 6.45) is 1.34. The van der Waals surface area contributed by atoms with Crippen molar-refractivity contribution in [1.82, 2.24) is 10.2 Å². The minimum atomic E-state index is -3.84. The molecule has 0 radical (unpaired) electrons. The normalized spacial score (nSPS) is 12.5. The summed E-state index contributed by atoms with van der Waals surface area (Å²) < 4.78 is 58.1. The molecule has 0 saturated carbocycles. The molecule has 2 aromatic carbocycles. The number of amides is 2. The molecule has 0 unspecified atom stereocenters. The number of methoxy groups -OCH3 is 1. The van der Waals surface area contributed by atoms with Crippen molar-refractivity contribution < 1.29 is 31.5 Å². The molecule has 0 aliphatic heterocycles. The second-order valence-electron chi connectivity index (χ2n) is 10.1. The fraction of sp³-hybridized carbons (Fsp3) is 0.481. The third-order valence-electron chi connectivity index (χ3n) is 5.71. The first-order chi connectivity index (χ1) is 17.7. The first kappa shape index (κ1) is 31.0. The zero-order valence-corrected chi connectivity index (χ0v) is 23.6. The third kappa shape index (κ3) is 8.97. The summed E-state index contributed by atoms with van der Waals surface area (Å²) in [5.74, 6) is -2.30. The molecule has 38 heavy (non-hydrogen) atoms. The average Bonchev–Trinajstić information content (AvgIpc) is 2.81. The van der Waals surface area contributed by atoms with E-state index >= 15 is 0 Å². The lowest BCUT2D eigenvalue weighted by atomic mass is 10.0. The van der Waals surface area contributed by atoms with Crippen LogP contribution in [0.4, 0.5) is 14.5 Å². The smallest absolute Gasteiger partial charge is 0.243 e. The predicted octanol–water partition coefficient (Wildman–Crippen LogP) is 4.24. The van der Waals surface area contributed by atoms with Gasteiger partial charge in [-0.1, -0.05) is 19.1 Å². The van der Waals surface area contributed by atoms with Crippen LogP contribution in [0.25, 0.3) is 0 Å². The number of hydrogen-bond donors (Lipinski definition) is 1. The minimum Gasteiger partial charge on any atom is -0.497 e. The van der Waals surface area contributed by atoms with Gasteiger partial charge in [0.25, 0.3) is 0 Å². The SMILES string of the molecule is CC[C@@H](C(=O)NC(C)(C)C)N(Cc1cccc(OC)c1)C(=O)CCCN(c1ccc(F)c(F)c1)S(C)(=O)=O. The molecule has 210 valence electrons. The summed E-state index contributed by atoms with van der Waals surface area (Å²) in [4.78, 5) is 28.1. The van der Waals surface area contributed by atoms with Gasteiger partial charge in [-0.2, -0.15) is 0 Å². The molecule has 0 aromatic heterocycles. The van der Waals surface area contributed by atoms with Crippen molar-refractivity contribution in [1.29, 1.82) is 0 Å². The number of ether oxygens (including phenoxy) is 1. The molecular formula is C27H37F2N3O5S. The molecule has 1 N–H and O–H groups in total. The summed E-state index contributed by atoms with van der Waals surface area (Å²) in [6, 6.07) is 9.23. The maximum Gasteiger partial charge on any atom is 0.243 e. The number of hydrogen-bond acceptors (Lipinski definition) is 5. The van der Waals surface area contributed by atoms with E-state index in [0.29, 0.717) is 12.2 Å². The number of nitrogens with one attached hydrogen (secondary N) is 1. The van der Waals surface area contributed by atoms with Gasteiger partial charge >= 0.3 is 0 Å². The van der Waals surface area contributed by atoms with Crippen molar-refractivity contribution in [3.63, 3.8) is 0 Å². The maximum absolute atomic E-state index is 13.8. The Bertz CT molecular complexity index is 1230. The number of anilines is 1. The van der Waals surface area contributed by atoms with Crippen molar-refractivity contribution in [2.45, 2.75) is 65.1 Å². The first-order valence-electron chi connectivity index (χ1n) is 12.3. The minimum absolute atomic E-state index is 0.0388. The number of nitrogens with zero attached hydrogens (tertiary/aromatic N) is 2. The Balaban J connectivity index is 2.28. The van der Waals surface area contributed by atoms with Crippen molar-refractivity contribution in [3.8, 4) is 5.75 Å². The molecule has 0 spiro atoms. The van der Waals surface area contributed by atoms with Gasteiger partial charge in [0.2, 0.25) is 21.8 Å². The van der Waals surface area contributed by atoms with Gasteiger partial charge in [0, 0.05) is 31.1 Å². The number of carbonyl (C=O) groups excluding carboxylic acids is 2. The van der Waals surface area contributed by atoms with Gasteiger partial charge in [-0.15, -0.1) is 0 Å². The fourth-order valence-corrected chi connectivity index (χ4v) is 4.94. The summed E-state index contributed by atoms with van der Waals surface area (Å²) >= 11 is 0. The topological polar surface area (TPSA) is 96.0 Å².